The third kappa shape index (κ3) is 5.65. The number of carbonyl (C=O) groups is 1. The number of hydrogen-bond donors (Lipinski definition) is 1. The second-order valence-electron chi connectivity index (χ2n) is 11.4. The highest BCUT2D eigenvalue weighted by atomic mass is 32.1. The van der Waals surface area contributed by atoms with Crippen LogP contribution in [-0.2, 0) is 19.4 Å². The fourth-order valence-corrected chi connectivity index (χ4v) is 6.45. The zero-order valence-electron chi connectivity index (χ0n) is 23.4. The van der Waals surface area contributed by atoms with E-state index >= 15 is 0 Å². The van der Waals surface area contributed by atoms with Crippen LogP contribution in [0.4, 0.5) is 10.7 Å². The highest BCUT2D eigenvalue weighted by Crippen LogP contribution is 2.45. The van der Waals surface area contributed by atoms with Crippen molar-refractivity contribution in [1.29, 1.82) is 0 Å². The van der Waals surface area contributed by atoms with Crippen LogP contribution < -0.4 is 5.32 Å². The average molecular weight is 560 g/mol. The van der Waals surface area contributed by atoms with Crippen LogP contribution in [0.25, 0.3) is 11.3 Å². The van der Waals surface area contributed by atoms with E-state index in [1.54, 1.807) is 48.9 Å². The molecular weight excluding hydrogens is 526 g/mol. The second-order valence-corrected chi connectivity index (χ2v) is 12.5. The molecule has 0 radical (unpaired) electrons. The normalized spacial score (nSPS) is 15.4. The standard InChI is InChI=1S/C31H33N3O5S/c1-18-13-20(14-25(19(18)2)34(36)37)26-11-9-23(39-26)17-33-30-28(29(35)32-16-22-7-6-12-38-22)24-10-8-21(31(3,4)5)15-27(24)40-30/h6-7,9,11-14,17,21H,8,10,15-16H2,1-5H3,(H,32,35)/t21-/m0/s1. The minimum absolute atomic E-state index is 0.0598. The highest BCUT2D eigenvalue weighted by Gasteiger charge is 2.33. The van der Waals surface area contributed by atoms with Crippen molar-refractivity contribution in [3.05, 3.63) is 91.4 Å². The van der Waals surface area contributed by atoms with Gasteiger partial charge in [0.15, 0.2) is 0 Å². The van der Waals surface area contributed by atoms with E-state index < -0.39 is 0 Å². The van der Waals surface area contributed by atoms with Crippen LogP contribution in [0.5, 0.6) is 0 Å². The summed E-state index contributed by atoms with van der Waals surface area (Å²) in [5.41, 5.74) is 4.02. The van der Waals surface area contributed by atoms with Gasteiger partial charge in [-0.1, -0.05) is 20.8 Å². The summed E-state index contributed by atoms with van der Waals surface area (Å²) < 4.78 is 11.4. The number of amides is 1. The number of rotatable bonds is 7. The first-order chi connectivity index (χ1) is 19.0. The van der Waals surface area contributed by atoms with Crippen molar-refractivity contribution in [3.63, 3.8) is 0 Å². The van der Waals surface area contributed by atoms with Crippen LogP contribution in [-0.4, -0.2) is 17.0 Å². The fraction of sp³-hybridized carbons (Fsp3) is 0.355. The maximum atomic E-state index is 13.4. The molecule has 4 aromatic rings. The summed E-state index contributed by atoms with van der Waals surface area (Å²) in [7, 11) is 0. The first kappa shape index (κ1) is 27.6. The molecule has 0 aliphatic heterocycles. The fourth-order valence-electron chi connectivity index (χ4n) is 5.18. The number of nitrogens with zero attached hydrogens (tertiary/aromatic N) is 2. The third-order valence-electron chi connectivity index (χ3n) is 7.76. The minimum Gasteiger partial charge on any atom is -0.467 e. The van der Waals surface area contributed by atoms with Crippen LogP contribution in [0.3, 0.4) is 0 Å². The van der Waals surface area contributed by atoms with Crippen molar-refractivity contribution < 1.29 is 18.6 Å². The van der Waals surface area contributed by atoms with Crippen LogP contribution in [0.2, 0.25) is 0 Å². The van der Waals surface area contributed by atoms with Crippen molar-refractivity contribution in [2.45, 2.75) is 60.4 Å². The number of aliphatic imine (C=N–C) groups is 1. The van der Waals surface area contributed by atoms with Crippen LogP contribution in [0.1, 0.15) is 70.6 Å². The molecule has 3 aromatic heterocycles. The molecule has 5 rings (SSSR count). The molecule has 8 nitrogen and oxygen atoms in total. The Balaban J connectivity index is 1.44. The molecule has 1 amide bonds. The molecule has 1 atom stereocenters. The maximum Gasteiger partial charge on any atom is 0.273 e. The molecule has 0 bridgehead atoms. The van der Waals surface area contributed by atoms with E-state index in [2.05, 4.69) is 26.1 Å². The van der Waals surface area contributed by atoms with Crippen molar-refractivity contribution in [3.8, 4) is 11.3 Å². The van der Waals surface area contributed by atoms with E-state index in [4.69, 9.17) is 13.8 Å². The van der Waals surface area contributed by atoms with Crippen molar-refractivity contribution in [2.24, 2.45) is 16.3 Å². The van der Waals surface area contributed by atoms with Gasteiger partial charge in [-0.05, 0) is 85.9 Å². The Morgan fingerprint density at radius 2 is 2.05 bits per heavy atom. The van der Waals surface area contributed by atoms with Gasteiger partial charge in [-0.2, -0.15) is 0 Å². The number of nitrogens with one attached hydrogen (secondary N) is 1. The topological polar surface area (TPSA) is 111 Å². The van der Waals surface area contributed by atoms with Gasteiger partial charge >= 0.3 is 0 Å². The van der Waals surface area contributed by atoms with Gasteiger partial charge in [-0.15, -0.1) is 11.3 Å². The second kappa shape index (κ2) is 10.9. The average Bonchev–Trinajstić information content (AvgIpc) is 3.66. The number of furan rings is 2. The summed E-state index contributed by atoms with van der Waals surface area (Å²) in [5, 5.41) is 15.1. The number of thiophene rings is 1. The summed E-state index contributed by atoms with van der Waals surface area (Å²) in [5.74, 6) is 2.06. The largest absolute Gasteiger partial charge is 0.467 e. The third-order valence-corrected chi connectivity index (χ3v) is 8.92. The summed E-state index contributed by atoms with van der Waals surface area (Å²) in [6, 6.07) is 10.6. The Hall–Kier alpha value is -3.98. The number of aryl methyl sites for hydroxylation is 1. The number of benzene rings is 1. The number of fused-ring (bicyclic) bond motifs is 1. The Labute approximate surface area is 237 Å². The van der Waals surface area contributed by atoms with Gasteiger partial charge in [0.1, 0.15) is 22.3 Å². The lowest BCUT2D eigenvalue weighted by atomic mass is 9.72. The van der Waals surface area contributed by atoms with E-state index in [9.17, 15) is 14.9 Å². The van der Waals surface area contributed by atoms with Gasteiger partial charge in [0.25, 0.3) is 11.6 Å². The summed E-state index contributed by atoms with van der Waals surface area (Å²) in [6.07, 6.45) is 5.99. The molecule has 1 aliphatic carbocycles. The Morgan fingerprint density at radius 3 is 2.75 bits per heavy atom. The molecule has 9 heteroatoms. The van der Waals surface area contributed by atoms with Crippen LogP contribution in [0.15, 0.2) is 56.5 Å². The van der Waals surface area contributed by atoms with Gasteiger partial charge in [-0.25, -0.2) is 4.99 Å². The molecule has 0 spiro atoms. The van der Waals surface area contributed by atoms with Crippen molar-refractivity contribution in [2.75, 3.05) is 0 Å². The molecule has 0 fully saturated rings. The molecule has 40 heavy (non-hydrogen) atoms. The van der Waals surface area contributed by atoms with Crippen LogP contribution in [0, 0.1) is 35.3 Å². The molecule has 1 N–H and O–H groups in total. The van der Waals surface area contributed by atoms with Gasteiger partial charge < -0.3 is 14.2 Å². The van der Waals surface area contributed by atoms with E-state index in [1.165, 1.54) is 10.9 Å². The molecule has 1 aromatic carbocycles. The first-order valence-electron chi connectivity index (χ1n) is 13.4. The summed E-state index contributed by atoms with van der Waals surface area (Å²) >= 11 is 1.57. The van der Waals surface area contributed by atoms with Gasteiger partial charge in [0, 0.05) is 22.1 Å². The van der Waals surface area contributed by atoms with Crippen LogP contribution >= 0.6 is 11.3 Å². The SMILES string of the molecule is Cc1cc(-c2ccc(C=Nc3sc4c(c3C(=O)NCc3ccco3)CC[C@H](C(C)(C)C)C4)o2)cc([N+](=O)[O-])c1C. The molecular formula is C31H33N3O5S. The quantitative estimate of drug-likeness (QED) is 0.140. The minimum atomic E-state index is -0.377. The number of nitro benzene ring substituents is 1. The molecule has 0 saturated carbocycles. The van der Waals surface area contributed by atoms with Gasteiger partial charge in [0.05, 0.1) is 29.5 Å². The van der Waals surface area contributed by atoms with Crippen molar-refractivity contribution in [1.82, 2.24) is 5.32 Å². The highest BCUT2D eigenvalue weighted by molar-refractivity contribution is 7.16. The van der Waals surface area contributed by atoms with Gasteiger partial charge in [-0.3, -0.25) is 14.9 Å². The Bertz CT molecular complexity index is 1590. The summed E-state index contributed by atoms with van der Waals surface area (Å²) in [4.78, 5) is 30.5. The molecule has 0 saturated heterocycles. The van der Waals surface area contributed by atoms with E-state index in [0.717, 1.165) is 30.4 Å². The zero-order valence-corrected chi connectivity index (χ0v) is 24.2. The zero-order chi connectivity index (χ0) is 28.6. The maximum absolute atomic E-state index is 13.4. The number of carbonyl (C=O) groups excluding carboxylic acids is 1. The number of hydrogen-bond acceptors (Lipinski definition) is 7. The molecule has 1 aliphatic rings. The Kier molecular flexibility index (Phi) is 7.51. The Morgan fingerprint density at radius 1 is 1.25 bits per heavy atom. The van der Waals surface area contributed by atoms with E-state index in [0.29, 0.717) is 51.4 Å². The lowest BCUT2D eigenvalue weighted by molar-refractivity contribution is -0.385. The monoisotopic (exact) mass is 559 g/mol. The molecule has 208 valence electrons. The summed E-state index contributed by atoms with van der Waals surface area (Å²) in [6.45, 7) is 10.7. The van der Waals surface area contributed by atoms with Crippen molar-refractivity contribution >= 4 is 34.1 Å². The van der Waals surface area contributed by atoms with E-state index in [-0.39, 0.29) is 21.9 Å². The smallest absolute Gasteiger partial charge is 0.273 e. The lowest BCUT2D eigenvalue weighted by Crippen LogP contribution is -2.28. The predicted octanol–water partition coefficient (Wildman–Crippen LogP) is 7.96. The first-order valence-corrected chi connectivity index (χ1v) is 14.2. The predicted molar refractivity (Wildman–Crippen MR) is 157 cm³/mol. The lowest BCUT2D eigenvalue weighted by Gasteiger charge is -2.33. The van der Waals surface area contributed by atoms with Gasteiger partial charge in [0.2, 0.25) is 0 Å². The number of nitro groups is 1. The van der Waals surface area contributed by atoms with E-state index in [1.807, 2.05) is 19.1 Å². The molecule has 0 unspecified atom stereocenters. The molecule has 3 heterocycles.